The molecular formula is C16H23ClO3. The Morgan fingerprint density at radius 1 is 1.15 bits per heavy atom. The van der Waals surface area contributed by atoms with Crippen LogP contribution in [0.3, 0.4) is 0 Å². The fourth-order valence-electron chi connectivity index (χ4n) is 2.41. The van der Waals surface area contributed by atoms with E-state index in [9.17, 15) is 4.79 Å². The SMILES string of the molecule is CCCC(CCC)C(=O)c1ccc(OC)c(Cl)c1OC. The second kappa shape index (κ2) is 8.15. The van der Waals surface area contributed by atoms with Gasteiger partial charge in [0.1, 0.15) is 10.8 Å². The van der Waals surface area contributed by atoms with Crippen LogP contribution < -0.4 is 9.47 Å². The number of halogens is 1. The van der Waals surface area contributed by atoms with E-state index in [4.69, 9.17) is 21.1 Å². The van der Waals surface area contributed by atoms with Gasteiger partial charge in [-0.2, -0.15) is 0 Å². The van der Waals surface area contributed by atoms with E-state index in [-0.39, 0.29) is 11.7 Å². The summed E-state index contributed by atoms with van der Waals surface area (Å²) in [5, 5.41) is 0.354. The summed E-state index contributed by atoms with van der Waals surface area (Å²) in [6.45, 7) is 4.18. The number of methoxy groups -OCH3 is 2. The van der Waals surface area contributed by atoms with Gasteiger partial charge in [-0.15, -0.1) is 0 Å². The van der Waals surface area contributed by atoms with Crippen molar-refractivity contribution in [2.24, 2.45) is 5.92 Å². The Morgan fingerprint density at radius 3 is 2.20 bits per heavy atom. The molecule has 0 spiro atoms. The number of carbonyl (C=O) groups is 1. The lowest BCUT2D eigenvalue weighted by atomic mass is 9.89. The zero-order valence-corrected chi connectivity index (χ0v) is 13.4. The topological polar surface area (TPSA) is 35.5 Å². The summed E-state index contributed by atoms with van der Waals surface area (Å²) < 4.78 is 10.5. The fourth-order valence-corrected chi connectivity index (χ4v) is 2.73. The lowest BCUT2D eigenvalue weighted by Gasteiger charge is -2.17. The molecule has 20 heavy (non-hydrogen) atoms. The summed E-state index contributed by atoms with van der Waals surface area (Å²) in [4.78, 5) is 12.7. The summed E-state index contributed by atoms with van der Waals surface area (Å²) in [6.07, 6.45) is 3.75. The summed E-state index contributed by atoms with van der Waals surface area (Å²) in [7, 11) is 3.06. The predicted molar refractivity (Wildman–Crippen MR) is 82.2 cm³/mol. The molecule has 0 radical (unpaired) electrons. The van der Waals surface area contributed by atoms with Crippen molar-refractivity contribution in [3.8, 4) is 11.5 Å². The molecule has 1 rings (SSSR count). The lowest BCUT2D eigenvalue weighted by molar-refractivity contribution is 0.0901. The van der Waals surface area contributed by atoms with Crippen LogP contribution in [-0.2, 0) is 0 Å². The van der Waals surface area contributed by atoms with E-state index in [1.807, 2.05) is 0 Å². The molecule has 0 aromatic heterocycles. The van der Waals surface area contributed by atoms with E-state index in [2.05, 4.69) is 13.8 Å². The molecule has 0 amide bonds. The van der Waals surface area contributed by atoms with Crippen molar-refractivity contribution in [3.05, 3.63) is 22.7 Å². The van der Waals surface area contributed by atoms with Crippen LogP contribution in [0.1, 0.15) is 49.9 Å². The molecular weight excluding hydrogens is 276 g/mol. The zero-order chi connectivity index (χ0) is 15.1. The van der Waals surface area contributed by atoms with Gasteiger partial charge in [-0.3, -0.25) is 4.79 Å². The molecule has 0 aliphatic rings. The van der Waals surface area contributed by atoms with Gasteiger partial charge in [-0.05, 0) is 25.0 Å². The van der Waals surface area contributed by atoms with Crippen LogP contribution in [0.15, 0.2) is 12.1 Å². The summed E-state index contributed by atoms with van der Waals surface area (Å²) in [6, 6.07) is 3.46. The average molecular weight is 299 g/mol. The fraction of sp³-hybridized carbons (Fsp3) is 0.562. The molecule has 0 fully saturated rings. The monoisotopic (exact) mass is 298 g/mol. The van der Waals surface area contributed by atoms with Gasteiger partial charge in [0.15, 0.2) is 11.5 Å². The molecule has 0 atom stereocenters. The third-order valence-corrected chi connectivity index (χ3v) is 3.75. The van der Waals surface area contributed by atoms with Crippen LogP contribution in [0.25, 0.3) is 0 Å². The highest BCUT2D eigenvalue weighted by atomic mass is 35.5. The Labute approximate surface area is 126 Å². The Bertz CT molecular complexity index is 451. The molecule has 1 aromatic carbocycles. The van der Waals surface area contributed by atoms with Gasteiger partial charge in [0.25, 0.3) is 0 Å². The third kappa shape index (κ3) is 3.66. The first-order valence-electron chi connectivity index (χ1n) is 7.05. The van der Waals surface area contributed by atoms with Gasteiger partial charge < -0.3 is 9.47 Å². The molecule has 3 nitrogen and oxygen atoms in total. The van der Waals surface area contributed by atoms with Crippen LogP contribution in [0.4, 0.5) is 0 Å². The molecule has 0 N–H and O–H groups in total. The van der Waals surface area contributed by atoms with Crippen molar-refractivity contribution < 1.29 is 14.3 Å². The Morgan fingerprint density at radius 2 is 1.75 bits per heavy atom. The Hall–Kier alpha value is -1.22. The molecule has 0 saturated carbocycles. The van der Waals surface area contributed by atoms with Gasteiger partial charge in [-0.25, -0.2) is 0 Å². The van der Waals surface area contributed by atoms with E-state index in [1.165, 1.54) is 7.11 Å². The highest BCUT2D eigenvalue weighted by Crippen LogP contribution is 2.38. The van der Waals surface area contributed by atoms with Gasteiger partial charge in [0.2, 0.25) is 0 Å². The molecule has 0 aliphatic heterocycles. The summed E-state index contributed by atoms with van der Waals surface area (Å²) >= 11 is 6.21. The molecule has 0 bridgehead atoms. The number of carbonyl (C=O) groups excluding carboxylic acids is 1. The van der Waals surface area contributed by atoms with E-state index in [1.54, 1.807) is 19.2 Å². The highest BCUT2D eigenvalue weighted by Gasteiger charge is 2.24. The zero-order valence-electron chi connectivity index (χ0n) is 12.7. The van der Waals surface area contributed by atoms with Crippen molar-refractivity contribution in [3.63, 3.8) is 0 Å². The van der Waals surface area contributed by atoms with Gasteiger partial charge >= 0.3 is 0 Å². The van der Waals surface area contributed by atoms with Crippen molar-refractivity contribution in [1.82, 2.24) is 0 Å². The molecule has 0 unspecified atom stereocenters. The minimum absolute atomic E-state index is 0.0309. The maximum Gasteiger partial charge on any atom is 0.169 e. The maximum atomic E-state index is 12.7. The van der Waals surface area contributed by atoms with Crippen LogP contribution in [0.2, 0.25) is 5.02 Å². The molecule has 112 valence electrons. The smallest absolute Gasteiger partial charge is 0.169 e. The predicted octanol–water partition coefficient (Wildman–Crippen LogP) is 4.76. The van der Waals surface area contributed by atoms with E-state index in [0.29, 0.717) is 22.1 Å². The first-order chi connectivity index (χ1) is 9.60. The normalized spacial score (nSPS) is 10.7. The highest BCUT2D eigenvalue weighted by molar-refractivity contribution is 6.34. The van der Waals surface area contributed by atoms with Crippen molar-refractivity contribution >= 4 is 17.4 Å². The van der Waals surface area contributed by atoms with Crippen LogP contribution in [0, 0.1) is 5.92 Å². The number of rotatable bonds is 8. The standard InChI is InChI=1S/C16H23ClO3/c1-5-7-11(8-6-2)15(18)12-9-10-13(19-3)14(17)16(12)20-4/h9-11H,5-8H2,1-4H3. The van der Waals surface area contributed by atoms with Crippen molar-refractivity contribution in [2.45, 2.75) is 39.5 Å². The Kier molecular flexibility index (Phi) is 6.86. The van der Waals surface area contributed by atoms with Gasteiger partial charge in [-0.1, -0.05) is 38.3 Å². The van der Waals surface area contributed by atoms with E-state index < -0.39 is 0 Å². The minimum atomic E-state index is 0.0309. The minimum Gasteiger partial charge on any atom is -0.495 e. The first-order valence-corrected chi connectivity index (χ1v) is 7.43. The number of ether oxygens (including phenoxy) is 2. The van der Waals surface area contributed by atoms with Gasteiger partial charge in [0.05, 0.1) is 19.8 Å². The number of Topliss-reactive ketones (excluding diaryl/α,β-unsaturated/α-hetero) is 1. The van der Waals surface area contributed by atoms with Crippen LogP contribution in [0.5, 0.6) is 11.5 Å². The largest absolute Gasteiger partial charge is 0.495 e. The number of hydrogen-bond donors (Lipinski definition) is 0. The number of ketones is 1. The molecule has 1 aromatic rings. The second-order valence-electron chi connectivity index (χ2n) is 4.80. The average Bonchev–Trinajstić information content (AvgIpc) is 2.46. The summed E-state index contributed by atoms with van der Waals surface area (Å²) in [5.74, 6) is 1.06. The first kappa shape index (κ1) is 16.8. The molecule has 4 heteroatoms. The van der Waals surface area contributed by atoms with E-state index >= 15 is 0 Å². The molecule has 0 saturated heterocycles. The third-order valence-electron chi connectivity index (χ3n) is 3.40. The van der Waals surface area contributed by atoms with Gasteiger partial charge in [0, 0.05) is 5.92 Å². The summed E-state index contributed by atoms with van der Waals surface area (Å²) in [5.41, 5.74) is 0.546. The van der Waals surface area contributed by atoms with Crippen LogP contribution >= 0.6 is 11.6 Å². The van der Waals surface area contributed by atoms with Crippen molar-refractivity contribution in [1.29, 1.82) is 0 Å². The van der Waals surface area contributed by atoms with Crippen LogP contribution in [-0.4, -0.2) is 20.0 Å². The number of benzene rings is 1. The quantitative estimate of drug-likeness (QED) is 0.649. The maximum absolute atomic E-state index is 12.7. The lowest BCUT2D eigenvalue weighted by Crippen LogP contribution is -2.16. The molecule has 0 heterocycles. The van der Waals surface area contributed by atoms with Crippen molar-refractivity contribution in [2.75, 3.05) is 14.2 Å². The Balaban J connectivity index is 3.17. The molecule has 0 aliphatic carbocycles. The second-order valence-corrected chi connectivity index (χ2v) is 5.18. The number of hydrogen-bond acceptors (Lipinski definition) is 3. The van der Waals surface area contributed by atoms with E-state index in [0.717, 1.165) is 25.7 Å².